The van der Waals surface area contributed by atoms with Crippen LogP contribution < -0.4 is 10.1 Å². The summed E-state index contributed by atoms with van der Waals surface area (Å²) in [6.07, 6.45) is 0. The second-order valence-corrected chi connectivity index (χ2v) is 6.10. The van der Waals surface area contributed by atoms with Gasteiger partial charge in [-0.25, -0.2) is 0 Å². The molecule has 1 atom stereocenters. The molecule has 0 fully saturated rings. The van der Waals surface area contributed by atoms with Crippen molar-refractivity contribution in [3.63, 3.8) is 0 Å². The molecule has 2 rings (SSSR count). The molecule has 0 aliphatic rings. The lowest BCUT2D eigenvalue weighted by atomic mass is 10.1. The number of nitrogens with one attached hydrogen (secondary N) is 1. The van der Waals surface area contributed by atoms with Crippen molar-refractivity contribution in [2.45, 2.75) is 26.4 Å². The molecule has 0 aliphatic carbocycles. The number of carbonyl (C=O) groups excluding carboxylic acids is 1. The highest BCUT2D eigenvalue weighted by Crippen LogP contribution is 2.16. The van der Waals surface area contributed by atoms with Gasteiger partial charge in [0.1, 0.15) is 5.75 Å². The number of nitrogens with zero attached hydrogens (tertiary/aromatic N) is 1. The standard InChI is InChI=1S/C19H23ClN2O2/c1-4-24-18-11-5-15(6-12-18)13-22(3)14(2)19(23)21-17-9-7-16(20)8-10-17/h5-12,14H,4,13H2,1-3H3,(H,21,23). The van der Waals surface area contributed by atoms with Crippen LogP contribution in [0, 0.1) is 0 Å². The minimum absolute atomic E-state index is 0.0502. The van der Waals surface area contributed by atoms with Crippen molar-refractivity contribution in [3.05, 3.63) is 59.1 Å². The van der Waals surface area contributed by atoms with E-state index in [9.17, 15) is 4.79 Å². The van der Waals surface area contributed by atoms with Gasteiger partial charge >= 0.3 is 0 Å². The number of likely N-dealkylation sites (N-methyl/N-ethyl adjacent to an activating group) is 1. The lowest BCUT2D eigenvalue weighted by molar-refractivity contribution is -0.120. The van der Waals surface area contributed by atoms with E-state index in [2.05, 4.69) is 5.32 Å². The Bertz CT molecular complexity index is 656. The third kappa shape index (κ3) is 5.25. The highest BCUT2D eigenvalue weighted by atomic mass is 35.5. The quantitative estimate of drug-likeness (QED) is 0.817. The zero-order chi connectivity index (χ0) is 17.5. The van der Waals surface area contributed by atoms with Crippen molar-refractivity contribution in [1.82, 2.24) is 4.90 Å². The molecule has 0 heterocycles. The van der Waals surface area contributed by atoms with Gasteiger partial charge in [-0.3, -0.25) is 9.69 Å². The van der Waals surface area contributed by atoms with Crippen molar-refractivity contribution < 1.29 is 9.53 Å². The highest BCUT2D eigenvalue weighted by Gasteiger charge is 2.18. The van der Waals surface area contributed by atoms with E-state index in [1.807, 2.05) is 50.1 Å². The molecule has 1 N–H and O–H groups in total. The van der Waals surface area contributed by atoms with Crippen molar-refractivity contribution >= 4 is 23.2 Å². The fraction of sp³-hybridized carbons (Fsp3) is 0.316. The Morgan fingerprint density at radius 2 is 1.79 bits per heavy atom. The summed E-state index contributed by atoms with van der Waals surface area (Å²) in [6.45, 7) is 5.19. The predicted octanol–water partition coefficient (Wildman–Crippen LogP) is 4.20. The van der Waals surface area contributed by atoms with E-state index in [0.717, 1.165) is 17.0 Å². The maximum Gasteiger partial charge on any atom is 0.241 e. The number of hydrogen-bond donors (Lipinski definition) is 1. The summed E-state index contributed by atoms with van der Waals surface area (Å²) >= 11 is 5.85. The first-order chi connectivity index (χ1) is 11.5. The Hall–Kier alpha value is -2.04. The Morgan fingerprint density at radius 3 is 2.38 bits per heavy atom. The Kier molecular flexibility index (Phi) is 6.64. The van der Waals surface area contributed by atoms with Gasteiger partial charge < -0.3 is 10.1 Å². The molecule has 0 spiro atoms. The first-order valence-electron chi connectivity index (χ1n) is 7.98. The number of amides is 1. The van der Waals surface area contributed by atoms with Gasteiger partial charge in [0.05, 0.1) is 12.6 Å². The smallest absolute Gasteiger partial charge is 0.241 e. The molecule has 0 radical (unpaired) electrons. The van der Waals surface area contributed by atoms with Gasteiger partial charge in [0.25, 0.3) is 0 Å². The summed E-state index contributed by atoms with van der Waals surface area (Å²) in [5, 5.41) is 3.55. The molecule has 0 aliphatic heterocycles. The van der Waals surface area contributed by atoms with Gasteiger partial charge in [-0.1, -0.05) is 23.7 Å². The van der Waals surface area contributed by atoms with Gasteiger partial charge in [-0.05, 0) is 62.9 Å². The Morgan fingerprint density at radius 1 is 1.17 bits per heavy atom. The van der Waals surface area contributed by atoms with Crippen LogP contribution in [-0.4, -0.2) is 30.5 Å². The number of carbonyl (C=O) groups is 1. The van der Waals surface area contributed by atoms with E-state index < -0.39 is 0 Å². The number of ether oxygens (including phenoxy) is 1. The fourth-order valence-electron chi connectivity index (χ4n) is 2.26. The van der Waals surface area contributed by atoms with Gasteiger partial charge in [0.2, 0.25) is 5.91 Å². The van der Waals surface area contributed by atoms with Gasteiger partial charge in [-0.2, -0.15) is 0 Å². The Labute approximate surface area is 148 Å². The van der Waals surface area contributed by atoms with E-state index in [-0.39, 0.29) is 11.9 Å². The van der Waals surface area contributed by atoms with Crippen molar-refractivity contribution in [1.29, 1.82) is 0 Å². The summed E-state index contributed by atoms with van der Waals surface area (Å²) in [5.74, 6) is 0.809. The average Bonchev–Trinajstić information content (AvgIpc) is 2.58. The van der Waals surface area contributed by atoms with Crippen molar-refractivity contribution in [2.24, 2.45) is 0 Å². The third-order valence-corrected chi connectivity index (χ3v) is 4.07. The van der Waals surface area contributed by atoms with Crippen LogP contribution in [0.1, 0.15) is 19.4 Å². The molecule has 24 heavy (non-hydrogen) atoms. The maximum absolute atomic E-state index is 12.4. The number of halogens is 1. The normalized spacial score (nSPS) is 12.0. The molecule has 1 amide bonds. The van der Waals surface area contributed by atoms with Crippen LogP contribution in [0.4, 0.5) is 5.69 Å². The fourth-order valence-corrected chi connectivity index (χ4v) is 2.39. The molecular formula is C19H23ClN2O2. The largest absolute Gasteiger partial charge is 0.494 e. The SMILES string of the molecule is CCOc1ccc(CN(C)C(C)C(=O)Nc2ccc(Cl)cc2)cc1. The van der Waals surface area contributed by atoms with Crippen LogP contribution >= 0.6 is 11.6 Å². The molecule has 1 unspecified atom stereocenters. The van der Waals surface area contributed by atoms with Crippen LogP contribution in [-0.2, 0) is 11.3 Å². The summed E-state index contributed by atoms with van der Waals surface area (Å²) in [6, 6.07) is 14.8. The number of anilines is 1. The van der Waals surface area contributed by atoms with E-state index in [4.69, 9.17) is 16.3 Å². The minimum Gasteiger partial charge on any atom is -0.494 e. The monoisotopic (exact) mass is 346 g/mol. The van der Waals surface area contributed by atoms with Crippen LogP contribution in [0.2, 0.25) is 5.02 Å². The molecule has 5 heteroatoms. The molecule has 4 nitrogen and oxygen atoms in total. The third-order valence-electron chi connectivity index (χ3n) is 3.82. The molecule has 128 valence electrons. The van der Waals surface area contributed by atoms with E-state index in [1.165, 1.54) is 0 Å². The van der Waals surface area contributed by atoms with Crippen molar-refractivity contribution in [3.8, 4) is 5.75 Å². The zero-order valence-corrected chi connectivity index (χ0v) is 15.0. The highest BCUT2D eigenvalue weighted by molar-refractivity contribution is 6.30. The number of hydrogen-bond acceptors (Lipinski definition) is 3. The van der Waals surface area contributed by atoms with E-state index >= 15 is 0 Å². The average molecular weight is 347 g/mol. The van der Waals surface area contributed by atoms with Gasteiger partial charge in [-0.15, -0.1) is 0 Å². The van der Waals surface area contributed by atoms with Gasteiger partial charge in [0, 0.05) is 17.3 Å². The topological polar surface area (TPSA) is 41.6 Å². The molecule has 0 aromatic heterocycles. The molecule has 0 saturated carbocycles. The second-order valence-electron chi connectivity index (χ2n) is 5.66. The van der Waals surface area contributed by atoms with E-state index in [1.54, 1.807) is 24.3 Å². The Balaban J connectivity index is 1.91. The molecule has 0 saturated heterocycles. The lowest BCUT2D eigenvalue weighted by Crippen LogP contribution is -2.39. The first-order valence-corrected chi connectivity index (χ1v) is 8.35. The lowest BCUT2D eigenvalue weighted by Gasteiger charge is -2.24. The summed E-state index contributed by atoms with van der Waals surface area (Å²) in [7, 11) is 1.93. The number of rotatable bonds is 7. The first kappa shape index (κ1) is 18.3. The minimum atomic E-state index is -0.257. The van der Waals surface area contributed by atoms with Gasteiger partial charge in [0.15, 0.2) is 0 Å². The molecule has 2 aromatic carbocycles. The van der Waals surface area contributed by atoms with Crippen LogP contribution in [0.25, 0.3) is 0 Å². The van der Waals surface area contributed by atoms with Crippen LogP contribution in [0.5, 0.6) is 5.75 Å². The predicted molar refractivity (Wildman–Crippen MR) is 98.6 cm³/mol. The zero-order valence-electron chi connectivity index (χ0n) is 14.3. The summed E-state index contributed by atoms with van der Waals surface area (Å²) < 4.78 is 5.44. The molecular weight excluding hydrogens is 324 g/mol. The van der Waals surface area contributed by atoms with Crippen LogP contribution in [0.3, 0.4) is 0 Å². The van der Waals surface area contributed by atoms with Crippen LogP contribution in [0.15, 0.2) is 48.5 Å². The summed E-state index contributed by atoms with van der Waals surface area (Å²) in [5.41, 5.74) is 1.87. The maximum atomic E-state index is 12.4. The molecule has 0 bridgehead atoms. The second kappa shape index (κ2) is 8.71. The summed E-state index contributed by atoms with van der Waals surface area (Å²) in [4.78, 5) is 14.4. The molecule has 2 aromatic rings. The number of benzene rings is 2. The van der Waals surface area contributed by atoms with E-state index in [0.29, 0.717) is 18.2 Å². The van der Waals surface area contributed by atoms with Crippen molar-refractivity contribution in [2.75, 3.05) is 19.0 Å².